The van der Waals surface area contributed by atoms with Gasteiger partial charge in [0.2, 0.25) is 15.9 Å². The Bertz CT molecular complexity index is 388. The fraction of sp³-hybridized carbons (Fsp3) is 0.900. The SMILES string of the molecule is CC(C)(NS(C)(=O)=O)C(=O)NC(CN)C1CC1. The summed E-state index contributed by atoms with van der Waals surface area (Å²) in [6, 6.07) is -0.0527. The predicted molar refractivity (Wildman–Crippen MR) is 65.8 cm³/mol. The van der Waals surface area contributed by atoms with Crippen molar-refractivity contribution in [2.24, 2.45) is 11.7 Å². The largest absolute Gasteiger partial charge is 0.350 e. The van der Waals surface area contributed by atoms with Gasteiger partial charge in [-0.2, -0.15) is 0 Å². The minimum absolute atomic E-state index is 0.0527. The molecule has 0 spiro atoms. The predicted octanol–water partition coefficient (Wildman–Crippen LogP) is -0.832. The lowest BCUT2D eigenvalue weighted by Crippen LogP contribution is -2.57. The van der Waals surface area contributed by atoms with E-state index >= 15 is 0 Å². The second-order valence-electron chi connectivity index (χ2n) is 5.15. The van der Waals surface area contributed by atoms with Crippen molar-refractivity contribution >= 4 is 15.9 Å². The number of nitrogens with two attached hydrogens (primary N) is 1. The average Bonchev–Trinajstić information content (AvgIpc) is 2.92. The van der Waals surface area contributed by atoms with Crippen molar-refractivity contribution < 1.29 is 13.2 Å². The molecule has 4 N–H and O–H groups in total. The van der Waals surface area contributed by atoms with Crippen LogP contribution in [0.3, 0.4) is 0 Å². The minimum atomic E-state index is -3.42. The number of nitrogens with one attached hydrogen (secondary N) is 2. The molecule has 0 saturated heterocycles. The molecule has 7 heteroatoms. The van der Waals surface area contributed by atoms with Gasteiger partial charge in [0.1, 0.15) is 5.54 Å². The molecule has 1 aliphatic carbocycles. The van der Waals surface area contributed by atoms with Crippen LogP contribution in [0.4, 0.5) is 0 Å². The van der Waals surface area contributed by atoms with Crippen molar-refractivity contribution in [2.45, 2.75) is 38.3 Å². The molecule has 0 aromatic heterocycles. The molecule has 1 rings (SSSR count). The molecule has 0 aromatic rings. The molecule has 1 saturated carbocycles. The molecule has 0 heterocycles. The van der Waals surface area contributed by atoms with Crippen LogP contribution in [0.25, 0.3) is 0 Å². The van der Waals surface area contributed by atoms with Gasteiger partial charge in [0.25, 0.3) is 0 Å². The maximum atomic E-state index is 12.0. The van der Waals surface area contributed by atoms with Gasteiger partial charge in [0, 0.05) is 12.6 Å². The molecule has 0 bridgehead atoms. The zero-order valence-electron chi connectivity index (χ0n) is 10.5. The number of sulfonamides is 1. The maximum Gasteiger partial charge on any atom is 0.240 e. The maximum absolute atomic E-state index is 12.0. The first-order chi connectivity index (χ1) is 7.65. The zero-order chi connectivity index (χ0) is 13.3. The molecule has 100 valence electrons. The second-order valence-corrected chi connectivity index (χ2v) is 6.90. The summed E-state index contributed by atoms with van der Waals surface area (Å²) in [6.45, 7) is 3.44. The summed E-state index contributed by atoms with van der Waals surface area (Å²) < 4.78 is 24.6. The smallest absolute Gasteiger partial charge is 0.240 e. The molecule has 6 nitrogen and oxygen atoms in total. The van der Waals surface area contributed by atoms with E-state index in [0.29, 0.717) is 12.5 Å². The molecule has 1 atom stereocenters. The van der Waals surface area contributed by atoms with Gasteiger partial charge in [0.15, 0.2) is 0 Å². The highest BCUT2D eigenvalue weighted by atomic mass is 32.2. The zero-order valence-corrected chi connectivity index (χ0v) is 11.3. The summed E-state index contributed by atoms with van der Waals surface area (Å²) in [4.78, 5) is 12.0. The number of hydrogen-bond donors (Lipinski definition) is 3. The van der Waals surface area contributed by atoms with E-state index in [1.54, 1.807) is 0 Å². The third-order valence-corrected chi connectivity index (χ3v) is 3.65. The van der Waals surface area contributed by atoms with E-state index in [-0.39, 0.29) is 11.9 Å². The highest BCUT2D eigenvalue weighted by Gasteiger charge is 2.36. The number of carbonyl (C=O) groups is 1. The average molecular weight is 263 g/mol. The summed E-state index contributed by atoms with van der Waals surface area (Å²) in [5, 5.41) is 2.80. The monoisotopic (exact) mass is 263 g/mol. The number of rotatable bonds is 6. The van der Waals surface area contributed by atoms with Crippen LogP contribution in [0.15, 0.2) is 0 Å². The van der Waals surface area contributed by atoms with Gasteiger partial charge in [-0.1, -0.05) is 0 Å². The van der Waals surface area contributed by atoms with Crippen LogP contribution in [0, 0.1) is 5.92 Å². The lowest BCUT2D eigenvalue weighted by Gasteiger charge is -2.27. The van der Waals surface area contributed by atoms with Gasteiger partial charge in [0.05, 0.1) is 6.26 Å². The molecule has 1 unspecified atom stereocenters. The van der Waals surface area contributed by atoms with Crippen molar-refractivity contribution in [3.63, 3.8) is 0 Å². The third-order valence-electron chi connectivity index (χ3n) is 2.77. The van der Waals surface area contributed by atoms with Gasteiger partial charge in [-0.3, -0.25) is 4.79 Å². The van der Waals surface area contributed by atoms with E-state index in [0.717, 1.165) is 19.1 Å². The summed E-state index contributed by atoms with van der Waals surface area (Å²) in [5.74, 6) is 0.100. The third kappa shape index (κ3) is 4.61. The fourth-order valence-electron chi connectivity index (χ4n) is 1.73. The molecule has 0 radical (unpaired) electrons. The number of hydrogen-bond acceptors (Lipinski definition) is 4. The molecular weight excluding hydrogens is 242 g/mol. The molecule has 17 heavy (non-hydrogen) atoms. The Balaban J connectivity index is 2.61. The Morgan fingerprint density at radius 2 is 2.00 bits per heavy atom. The van der Waals surface area contributed by atoms with Gasteiger partial charge in [-0.05, 0) is 32.6 Å². The van der Waals surface area contributed by atoms with Crippen LogP contribution in [-0.2, 0) is 14.8 Å². The Kier molecular flexibility index (Phi) is 4.16. The van der Waals surface area contributed by atoms with Crippen molar-refractivity contribution in [1.29, 1.82) is 0 Å². The van der Waals surface area contributed by atoms with Crippen LogP contribution in [0.2, 0.25) is 0 Å². The number of carbonyl (C=O) groups excluding carboxylic acids is 1. The van der Waals surface area contributed by atoms with Gasteiger partial charge in [-0.25, -0.2) is 13.1 Å². The van der Waals surface area contributed by atoms with Crippen molar-refractivity contribution in [3.05, 3.63) is 0 Å². The minimum Gasteiger partial charge on any atom is -0.350 e. The second kappa shape index (κ2) is 4.91. The lowest BCUT2D eigenvalue weighted by molar-refractivity contribution is -0.126. The van der Waals surface area contributed by atoms with Gasteiger partial charge in [-0.15, -0.1) is 0 Å². The van der Waals surface area contributed by atoms with E-state index in [2.05, 4.69) is 10.0 Å². The summed E-state index contributed by atoms with van der Waals surface area (Å²) in [6.07, 6.45) is 3.17. The molecule has 0 aliphatic heterocycles. The van der Waals surface area contributed by atoms with E-state index in [4.69, 9.17) is 5.73 Å². The fourth-order valence-corrected chi connectivity index (χ4v) is 2.75. The number of amides is 1. The summed E-state index contributed by atoms with van der Waals surface area (Å²) in [5.41, 5.74) is 4.42. The molecule has 1 fully saturated rings. The standard InChI is InChI=1S/C10H21N3O3S/c1-10(2,13-17(3,15)16)9(14)12-8(6-11)7-4-5-7/h7-8,13H,4-6,11H2,1-3H3,(H,12,14). The Morgan fingerprint density at radius 3 is 2.35 bits per heavy atom. The Labute approximate surface area is 102 Å². The van der Waals surface area contributed by atoms with Crippen LogP contribution in [0.5, 0.6) is 0 Å². The quantitative estimate of drug-likeness (QED) is 0.582. The van der Waals surface area contributed by atoms with E-state index in [1.807, 2.05) is 0 Å². The van der Waals surface area contributed by atoms with Crippen molar-refractivity contribution in [3.8, 4) is 0 Å². The first-order valence-corrected chi connectivity index (χ1v) is 7.55. The lowest BCUT2D eigenvalue weighted by atomic mass is 10.0. The van der Waals surface area contributed by atoms with Gasteiger partial charge < -0.3 is 11.1 Å². The molecule has 0 aromatic carbocycles. The Hall–Kier alpha value is -0.660. The van der Waals surface area contributed by atoms with Crippen molar-refractivity contribution in [2.75, 3.05) is 12.8 Å². The highest BCUT2D eigenvalue weighted by Crippen LogP contribution is 2.32. The highest BCUT2D eigenvalue weighted by molar-refractivity contribution is 7.88. The van der Waals surface area contributed by atoms with Crippen LogP contribution in [-0.4, -0.2) is 38.7 Å². The Morgan fingerprint density at radius 1 is 1.47 bits per heavy atom. The van der Waals surface area contributed by atoms with Crippen LogP contribution in [0.1, 0.15) is 26.7 Å². The normalized spacial score (nSPS) is 18.8. The molecule has 1 amide bonds. The first kappa shape index (κ1) is 14.4. The first-order valence-electron chi connectivity index (χ1n) is 5.65. The molecular formula is C10H21N3O3S. The van der Waals surface area contributed by atoms with E-state index in [1.165, 1.54) is 13.8 Å². The van der Waals surface area contributed by atoms with E-state index < -0.39 is 15.6 Å². The topological polar surface area (TPSA) is 101 Å². The summed E-state index contributed by atoms with van der Waals surface area (Å²) >= 11 is 0. The van der Waals surface area contributed by atoms with Crippen LogP contribution >= 0.6 is 0 Å². The van der Waals surface area contributed by atoms with Crippen molar-refractivity contribution in [1.82, 2.24) is 10.0 Å². The van der Waals surface area contributed by atoms with Gasteiger partial charge >= 0.3 is 0 Å². The van der Waals surface area contributed by atoms with E-state index in [9.17, 15) is 13.2 Å². The molecule has 1 aliphatic rings. The summed E-state index contributed by atoms with van der Waals surface area (Å²) in [7, 11) is -3.42. The van der Waals surface area contributed by atoms with Crippen LogP contribution < -0.4 is 15.8 Å².